The maximum atomic E-state index is 12.5. The molecule has 0 spiro atoms. The molecule has 0 saturated carbocycles. The average molecular weight is 392 g/mol. The lowest BCUT2D eigenvalue weighted by Crippen LogP contribution is -2.39. The minimum Gasteiger partial charge on any atom is -0.356 e. The van der Waals surface area contributed by atoms with Crippen molar-refractivity contribution >= 4 is 44.3 Å². The molecule has 28 heavy (non-hydrogen) atoms. The molecule has 0 aliphatic carbocycles. The number of hydrogen-bond donors (Lipinski definition) is 2. The maximum Gasteiger partial charge on any atom is 0.251 e. The lowest BCUT2D eigenvalue weighted by atomic mass is 9.96. The Morgan fingerprint density at radius 3 is 3.00 bits per heavy atom. The quantitative estimate of drug-likeness (QED) is 0.557. The second-order valence-corrected chi connectivity index (χ2v) is 8.00. The number of piperidine rings is 1. The maximum absolute atomic E-state index is 12.5. The fraction of sp³-hybridized carbons (Fsp3) is 0.300. The third-order valence-electron chi connectivity index (χ3n) is 5.39. The van der Waals surface area contributed by atoms with Gasteiger partial charge >= 0.3 is 0 Å². The molecule has 0 unspecified atom stereocenters. The Labute approximate surface area is 165 Å². The summed E-state index contributed by atoms with van der Waals surface area (Å²) in [6, 6.07) is 7.69. The van der Waals surface area contributed by atoms with Crippen molar-refractivity contribution < 1.29 is 4.79 Å². The van der Waals surface area contributed by atoms with Gasteiger partial charge < -0.3 is 15.2 Å². The van der Waals surface area contributed by atoms with Crippen LogP contribution in [0.1, 0.15) is 23.2 Å². The van der Waals surface area contributed by atoms with E-state index < -0.39 is 0 Å². The number of benzene rings is 1. The molecule has 4 heterocycles. The first-order valence-corrected chi connectivity index (χ1v) is 10.3. The lowest BCUT2D eigenvalue weighted by molar-refractivity contribution is 0.0945. The summed E-state index contributed by atoms with van der Waals surface area (Å²) in [6.45, 7) is 2.58. The zero-order chi connectivity index (χ0) is 18.9. The van der Waals surface area contributed by atoms with Crippen molar-refractivity contribution in [2.75, 3.05) is 24.5 Å². The number of nitrogens with one attached hydrogen (secondary N) is 2. The van der Waals surface area contributed by atoms with E-state index in [4.69, 9.17) is 0 Å². The predicted molar refractivity (Wildman–Crippen MR) is 111 cm³/mol. The van der Waals surface area contributed by atoms with Gasteiger partial charge in [-0.05, 0) is 43.0 Å². The van der Waals surface area contributed by atoms with Crippen LogP contribution in [-0.2, 0) is 0 Å². The van der Waals surface area contributed by atoms with Crippen LogP contribution >= 0.6 is 11.3 Å². The molecule has 0 radical (unpaired) electrons. The zero-order valence-electron chi connectivity index (χ0n) is 15.3. The van der Waals surface area contributed by atoms with E-state index in [1.54, 1.807) is 23.2 Å². The Hall–Kier alpha value is -3.00. The molecular formula is C20H20N6OS. The molecule has 1 saturated heterocycles. The molecule has 3 aromatic heterocycles. The summed E-state index contributed by atoms with van der Waals surface area (Å²) < 4.78 is 1.04. The molecular weight excluding hydrogens is 372 g/mol. The van der Waals surface area contributed by atoms with Crippen LogP contribution in [0.25, 0.3) is 21.3 Å². The van der Waals surface area contributed by atoms with Gasteiger partial charge in [-0.25, -0.2) is 15.0 Å². The molecule has 2 N–H and O–H groups in total. The predicted octanol–water partition coefficient (Wildman–Crippen LogP) is 3.21. The SMILES string of the molecule is O=C(NCC1CCN(c2ncnc3[nH]ccc23)CC1)c1ccc2ncsc2c1. The van der Waals surface area contributed by atoms with Crippen LogP contribution in [0.2, 0.25) is 0 Å². The summed E-state index contributed by atoms with van der Waals surface area (Å²) in [5, 5.41) is 4.16. The van der Waals surface area contributed by atoms with Crippen molar-refractivity contribution in [3.63, 3.8) is 0 Å². The van der Waals surface area contributed by atoms with Crippen molar-refractivity contribution in [3.8, 4) is 0 Å². The third-order valence-corrected chi connectivity index (χ3v) is 6.18. The number of H-pyrrole nitrogens is 1. The number of hydrogen-bond acceptors (Lipinski definition) is 6. The Morgan fingerprint density at radius 1 is 1.21 bits per heavy atom. The number of anilines is 1. The van der Waals surface area contributed by atoms with Crippen LogP contribution in [0, 0.1) is 5.92 Å². The van der Waals surface area contributed by atoms with E-state index in [1.165, 1.54) is 0 Å². The monoisotopic (exact) mass is 392 g/mol. The highest BCUT2D eigenvalue weighted by Gasteiger charge is 2.22. The normalized spacial score (nSPS) is 15.4. The fourth-order valence-corrected chi connectivity index (χ4v) is 4.51. The number of fused-ring (bicyclic) bond motifs is 2. The summed E-state index contributed by atoms with van der Waals surface area (Å²) >= 11 is 1.56. The van der Waals surface area contributed by atoms with Gasteiger partial charge in [-0.3, -0.25) is 4.79 Å². The van der Waals surface area contributed by atoms with Gasteiger partial charge in [0, 0.05) is 31.4 Å². The van der Waals surface area contributed by atoms with Crippen LogP contribution in [0.3, 0.4) is 0 Å². The Bertz CT molecular complexity index is 1130. The summed E-state index contributed by atoms with van der Waals surface area (Å²) in [6.07, 6.45) is 5.57. The second-order valence-electron chi connectivity index (χ2n) is 7.11. The van der Waals surface area contributed by atoms with Crippen LogP contribution in [0.5, 0.6) is 0 Å². The van der Waals surface area contributed by atoms with Gasteiger partial charge in [0.15, 0.2) is 0 Å². The number of aromatic amines is 1. The topological polar surface area (TPSA) is 86.8 Å². The Kier molecular flexibility index (Phi) is 4.40. The van der Waals surface area contributed by atoms with Gasteiger partial charge in [-0.2, -0.15) is 0 Å². The van der Waals surface area contributed by atoms with Gasteiger partial charge in [0.25, 0.3) is 5.91 Å². The van der Waals surface area contributed by atoms with E-state index in [0.29, 0.717) is 18.0 Å². The first kappa shape index (κ1) is 17.1. The van der Waals surface area contributed by atoms with Crippen molar-refractivity contribution in [3.05, 3.63) is 47.9 Å². The summed E-state index contributed by atoms with van der Waals surface area (Å²) in [7, 11) is 0. The molecule has 4 aromatic rings. The molecule has 142 valence electrons. The molecule has 1 fully saturated rings. The standard InChI is InChI=1S/C20H20N6OS/c27-20(14-1-2-16-17(9-14)28-12-25-16)22-10-13-4-7-26(8-5-13)19-15-3-6-21-18(15)23-11-24-19/h1-3,6,9,11-13H,4-5,7-8,10H2,(H,22,27)(H,21,23,24). The van der Waals surface area contributed by atoms with Gasteiger partial charge in [0.2, 0.25) is 0 Å². The van der Waals surface area contributed by atoms with Gasteiger partial charge in [-0.15, -0.1) is 11.3 Å². The number of carbonyl (C=O) groups is 1. The highest BCUT2D eigenvalue weighted by atomic mass is 32.1. The molecule has 0 atom stereocenters. The van der Waals surface area contributed by atoms with E-state index in [0.717, 1.165) is 53.0 Å². The van der Waals surface area contributed by atoms with E-state index in [2.05, 4.69) is 30.2 Å². The largest absolute Gasteiger partial charge is 0.356 e. The van der Waals surface area contributed by atoms with Crippen LogP contribution in [-0.4, -0.2) is 45.5 Å². The minimum absolute atomic E-state index is 0.0115. The molecule has 1 amide bonds. The summed E-state index contributed by atoms with van der Waals surface area (Å²) in [5.74, 6) is 1.46. The summed E-state index contributed by atoms with van der Waals surface area (Å²) in [5.41, 5.74) is 4.32. The molecule has 0 bridgehead atoms. The van der Waals surface area contributed by atoms with Crippen LogP contribution in [0.4, 0.5) is 5.82 Å². The van der Waals surface area contributed by atoms with Crippen LogP contribution in [0.15, 0.2) is 42.3 Å². The van der Waals surface area contributed by atoms with Crippen molar-refractivity contribution in [1.29, 1.82) is 0 Å². The first-order chi connectivity index (χ1) is 13.8. The van der Waals surface area contributed by atoms with E-state index >= 15 is 0 Å². The van der Waals surface area contributed by atoms with Crippen molar-refractivity contribution in [1.82, 2.24) is 25.3 Å². The average Bonchev–Trinajstić information content (AvgIpc) is 3.40. The van der Waals surface area contributed by atoms with Crippen molar-refractivity contribution in [2.45, 2.75) is 12.8 Å². The van der Waals surface area contributed by atoms with Gasteiger partial charge in [0.1, 0.15) is 17.8 Å². The highest BCUT2D eigenvalue weighted by Crippen LogP contribution is 2.27. The molecule has 1 aliphatic rings. The number of carbonyl (C=O) groups excluding carboxylic acids is 1. The first-order valence-electron chi connectivity index (χ1n) is 9.42. The van der Waals surface area contributed by atoms with E-state index in [9.17, 15) is 4.79 Å². The zero-order valence-corrected chi connectivity index (χ0v) is 16.1. The highest BCUT2D eigenvalue weighted by molar-refractivity contribution is 7.16. The molecule has 5 rings (SSSR count). The number of thiazole rings is 1. The lowest BCUT2D eigenvalue weighted by Gasteiger charge is -2.33. The van der Waals surface area contributed by atoms with Gasteiger partial charge in [0.05, 0.1) is 21.1 Å². The Balaban J connectivity index is 1.18. The molecule has 1 aliphatic heterocycles. The van der Waals surface area contributed by atoms with Crippen LogP contribution < -0.4 is 10.2 Å². The fourth-order valence-electron chi connectivity index (χ4n) is 3.80. The van der Waals surface area contributed by atoms with E-state index in [-0.39, 0.29) is 5.91 Å². The summed E-state index contributed by atoms with van der Waals surface area (Å²) in [4.78, 5) is 30.9. The third kappa shape index (κ3) is 3.20. The minimum atomic E-state index is -0.0115. The molecule has 1 aromatic carbocycles. The van der Waals surface area contributed by atoms with Crippen molar-refractivity contribution in [2.24, 2.45) is 5.92 Å². The smallest absolute Gasteiger partial charge is 0.251 e. The number of nitrogens with zero attached hydrogens (tertiary/aromatic N) is 4. The Morgan fingerprint density at radius 2 is 2.11 bits per heavy atom. The molecule has 7 nitrogen and oxygen atoms in total. The number of rotatable bonds is 4. The number of amides is 1. The molecule has 8 heteroatoms. The van der Waals surface area contributed by atoms with Gasteiger partial charge in [-0.1, -0.05) is 0 Å². The number of aromatic nitrogens is 4. The second kappa shape index (κ2) is 7.20. The van der Waals surface area contributed by atoms with E-state index in [1.807, 2.05) is 30.5 Å².